The minimum absolute atomic E-state index is 0.255. The lowest BCUT2D eigenvalue weighted by molar-refractivity contribution is 0.174. The SMILES string of the molecule is CCNC(=NCCN1CCS(=O)(=O)CC1)NCCc1ccc2c(c1)OCO2. The minimum Gasteiger partial charge on any atom is -0.454 e. The Morgan fingerprint density at radius 3 is 2.74 bits per heavy atom. The van der Waals surface area contributed by atoms with Gasteiger partial charge >= 0.3 is 0 Å². The van der Waals surface area contributed by atoms with Gasteiger partial charge in [0.25, 0.3) is 0 Å². The Labute approximate surface area is 160 Å². The second-order valence-corrected chi connectivity index (χ2v) is 8.92. The number of aliphatic imine (C=N–C) groups is 1. The molecule has 2 N–H and O–H groups in total. The molecule has 2 heterocycles. The number of sulfone groups is 1. The minimum atomic E-state index is -2.83. The number of ether oxygens (including phenoxy) is 2. The van der Waals surface area contributed by atoms with E-state index < -0.39 is 9.84 Å². The lowest BCUT2D eigenvalue weighted by Gasteiger charge is -2.25. The number of nitrogens with one attached hydrogen (secondary N) is 2. The Balaban J connectivity index is 1.42. The van der Waals surface area contributed by atoms with Crippen LogP contribution >= 0.6 is 0 Å². The Bertz CT molecular complexity index is 753. The van der Waals surface area contributed by atoms with Gasteiger partial charge in [-0.15, -0.1) is 0 Å². The molecule has 2 aliphatic rings. The molecular weight excluding hydrogens is 368 g/mol. The first-order chi connectivity index (χ1) is 13.1. The summed E-state index contributed by atoms with van der Waals surface area (Å²) in [5.74, 6) is 2.89. The van der Waals surface area contributed by atoms with Crippen LogP contribution in [-0.2, 0) is 16.3 Å². The molecule has 8 nitrogen and oxygen atoms in total. The quantitative estimate of drug-likeness (QED) is 0.504. The van der Waals surface area contributed by atoms with E-state index >= 15 is 0 Å². The van der Waals surface area contributed by atoms with E-state index in [0.717, 1.165) is 43.5 Å². The van der Waals surface area contributed by atoms with Crippen LogP contribution in [0.2, 0.25) is 0 Å². The van der Waals surface area contributed by atoms with Crippen molar-refractivity contribution < 1.29 is 17.9 Å². The molecule has 150 valence electrons. The molecule has 2 aliphatic heterocycles. The number of fused-ring (bicyclic) bond motifs is 1. The highest BCUT2D eigenvalue weighted by Gasteiger charge is 2.20. The lowest BCUT2D eigenvalue weighted by atomic mass is 10.1. The second-order valence-electron chi connectivity index (χ2n) is 6.62. The highest BCUT2D eigenvalue weighted by molar-refractivity contribution is 7.91. The van der Waals surface area contributed by atoms with E-state index in [1.165, 1.54) is 5.56 Å². The van der Waals surface area contributed by atoms with Crippen LogP contribution in [0.3, 0.4) is 0 Å². The van der Waals surface area contributed by atoms with Crippen molar-refractivity contribution in [3.63, 3.8) is 0 Å². The van der Waals surface area contributed by atoms with Gasteiger partial charge in [-0.2, -0.15) is 0 Å². The van der Waals surface area contributed by atoms with Crippen molar-refractivity contribution >= 4 is 15.8 Å². The van der Waals surface area contributed by atoms with Gasteiger partial charge in [0.2, 0.25) is 6.79 Å². The van der Waals surface area contributed by atoms with Crippen LogP contribution in [-0.4, -0.2) is 76.8 Å². The van der Waals surface area contributed by atoms with Gasteiger partial charge in [0, 0.05) is 32.7 Å². The molecule has 0 saturated carbocycles. The third kappa shape index (κ3) is 6.00. The molecule has 27 heavy (non-hydrogen) atoms. The number of rotatable bonds is 7. The number of benzene rings is 1. The molecule has 9 heteroatoms. The zero-order valence-electron chi connectivity index (χ0n) is 15.7. The van der Waals surface area contributed by atoms with Crippen molar-refractivity contribution in [1.29, 1.82) is 0 Å². The molecule has 0 aromatic heterocycles. The van der Waals surface area contributed by atoms with Gasteiger partial charge in [-0.05, 0) is 31.0 Å². The standard InChI is InChI=1S/C18H28N4O4S/c1-2-19-18(21-7-8-22-9-11-27(23,24)12-10-22)20-6-5-15-3-4-16-17(13-15)26-14-25-16/h3-4,13H,2,5-12,14H2,1H3,(H2,19,20,21). The van der Waals surface area contributed by atoms with Crippen LogP contribution in [0.25, 0.3) is 0 Å². The fourth-order valence-corrected chi connectivity index (χ4v) is 4.32. The summed E-state index contributed by atoms with van der Waals surface area (Å²) in [4.78, 5) is 6.75. The van der Waals surface area contributed by atoms with Crippen molar-refractivity contribution in [1.82, 2.24) is 15.5 Å². The summed E-state index contributed by atoms with van der Waals surface area (Å²) < 4.78 is 33.7. The van der Waals surface area contributed by atoms with E-state index in [1.807, 2.05) is 25.1 Å². The first-order valence-corrected chi connectivity index (χ1v) is 11.2. The molecule has 1 aromatic rings. The van der Waals surface area contributed by atoms with Gasteiger partial charge in [-0.3, -0.25) is 9.89 Å². The van der Waals surface area contributed by atoms with Crippen molar-refractivity contribution in [2.45, 2.75) is 13.3 Å². The van der Waals surface area contributed by atoms with E-state index in [-0.39, 0.29) is 18.3 Å². The number of guanidine groups is 1. The first-order valence-electron chi connectivity index (χ1n) is 9.39. The maximum atomic E-state index is 11.5. The molecule has 0 radical (unpaired) electrons. The van der Waals surface area contributed by atoms with Gasteiger partial charge in [0.1, 0.15) is 0 Å². The molecule has 0 bridgehead atoms. The van der Waals surface area contributed by atoms with Crippen LogP contribution in [0.1, 0.15) is 12.5 Å². The fourth-order valence-electron chi connectivity index (χ4n) is 3.04. The predicted octanol–water partition coefficient (Wildman–Crippen LogP) is 0.243. The van der Waals surface area contributed by atoms with Crippen LogP contribution in [0, 0.1) is 0 Å². The third-order valence-corrected chi connectivity index (χ3v) is 6.22. The summed E-state index contributed by atoms with van der Waals surface area (Å²) >= 11 is 0. The van der Waals surface area contributed by atoms with E-state index in [9.17, 15) is 8.42 Å². The third-order valence-electron chi connectivity index (χ3n) is 4.61. The van der Waals surface area contributed by atoms with Crippen molar-refractivity contribution in [3.05, 3.63) is 23.8 Å². The van der Waals surface area contributed by atoms with Crippen molar-refractivity contribution in [2.75, 3.05) is 57.6 Å². The van der Waals surface area contributed by atoms with Crippen LogP contribution in [0.4, 0.5) is 0 Å². The lowest BCUT2D eigenvalue weighted by Crippen LogP contribution is -2.42. The Kier molecular flexibility index (Phi) is 6.78. The molecule has 3 rings (SSSR count). The summed E-state index contributed by atoms with van der Waals surface area (Å²) in [5, 5.41) is 6.58. The molecule has 1 aromatic carbocycles. The van der Waals surface area contributed by atoms with Crippen molar-refractivity contribution in [2.24, 2.45) is 4.99 Å². The summed E-state index contributed by atoms with van der Waals surface area (Å²) in [7, 11) is -2.83. The molecular formula is C18H28N4O4S. The van der Waals surface area contributed by atoms with E-state index in [2.05, 4.69) is 20.5 Å². The molecule has 1 saturated heterocycles. The van der Waals surface area contributed by atoms with E-state index in [0.29, 0.717) is 19.6 Å². The highest BCUT2D eigenvalue weighted by Crippen LogP contribution is 2.32. The average molecular weight is 397 g/mol. The van der Waals surface area contributed by atoms with Gasteiger partial charge < -0.3 is 20.1 Å². The largest absolute Gasteiger partial charge is 0.454 e. The normalized spacial score (nSPS) is 19.1. The van der Waals surface area contributed by atoms with Crippen LogP contribution in [0.15, 0.2) is 23.2 Å². The predicted molar refractivity (Wildman–Crippen MR) is 105 cm³/mol. The zero-order chi connectivity index (χ0) is 19.1. The maximum absolute atomic E-state index is 11.5. The zero-order valence-corrected chi connectivity index (χ0v) is 16.6. The smallest absolute Gasteiger partial charge is 0.231 e. The maximum Gasteiger partial charge on any atom is 0.231 e. The van der Waals surface area contributed by atoms with Gasteiger partial charge in [0.05, 0.1) is 18.1 Å². The summed E-state index contributed by atoms with van der Waals surface area (Å²) in [6.45, 7) is 6.48. The average Bonchev–Trinajstić information content (AvgIpc) is 3.11. The topological polar surface area (TPSA) is 92.3 Å². The molecule has 0 aliphatic carbocycles. The highest BCUT2D eigenvalue weighted by atomic mass is 32.2. The first kappa shape index (κ1) is 19.8. The molecule has 0 spiro atoms. The monoisotopic (exact) mass is 396 g/mol. The van der Waals surface area contributed by atoms with Crippen LogP contribution < -0.4 is 20.1 Å². The molecule has 0 amide bonds. The molecule has 0 unspecified atom stereocenters. The van der Waals surface area contributed by atoms with Gasteiger partial charge in [-0.25, -0.2) is 8.42 Å². The molecule has 1 fully saturated rings. The summed E-state index contributed by atoms with van der Waals surface area (Å²) in [6, 6.07) is 6.00. The Hall–Kier alpha value is -2.00. The summed E-state index contributed by atoms with van der Waals surface area (Å²) in [5.41, 5.74) is 1.18. The van der Waals surface area contributed by atoms with Crippen LogP contribution in [0.5, 0.6) is 11.5 Å². The second kappa shape index (κ2) is 9.27. The molecule has 0 atom stereocenters. The number of hydrogen-bond donors (Lipinski definition) is 2. The fraction of sp³-hybridized carbons (Fsp3) is 0.611. The van der Waals surface area contributed by atoms with Gasteiger partial charge in [0.15, 0.2) is 27.3 Å². The van der Waals surface area contributed by atoms with Gasteiger partial charge in [-0.1, -0.05) is 6.07 Å². The van der Waals surface area contributed by atoms with E-state index in [1.54, 1.807) is 0 Å². The van der Waals surface area contributed by atoms with E-state index in [4.69, 9.17) is 9.47 Å². The van der Waals surface area contributed by atoms with Crippen molar-refractivity contribution in [3.8, 4) is 11.5 Å². The number of hydrogen-bond acceptors (Lipinski definition) is 6. The summed E-state index contributed by atoms with van der Waals surface area (Å²) in [6.07, 6.45) is 0.852. The Morgan fingerprint density at radius 2 is 1.96 bits per heavy atom. The Morgan fingerprint density at radius 1 is 1.19 bits per heavy atom. The number of nitrogens with zero attached hydrogens (tertiary/aromatic N) is 2.